The van der Waals surface area contributed by atoms with Gasteiger partial charge in [-0.2, -0.15) is 8.78 Å². The zero-order valence-electron chi connectivity index (χ0n) is 28.8. The van der Waals surface area contributed by atoms with E-state index in [0.29, 0.717) is 41.0 Å². The van der Waals surface area contributed by atoms with Crippen molar-refractivity contribution in [1.82, 2.24) is 19.8 Å². The van der Waals surface area contributed by atoms with Crippen LogP contribution >= 0.6 is 0 Å². The number of benzene rings is 3. The zero-order valence-corrected chi connectivity index (χ0v) is 28.8. The molecule has 3 aromatic carbocycles. The van der Waals surface area contributed by atoms with Crippen LogP contribution in [0.5, 0.6) is 0 Å². The number of H-pyrrole nitrogens is 1. The molecule has 0 bridgehead atoms. The Labute approximate surface area is 294 Å². The third-order valence-electron chi connectivity index (χ3n) is 10.9. The maximum Gasteiger partial charge on any atom is 0.410 e. The molecule has 12 heteroatoms. The van der Waals surface area contributed by atoms with Gasteiger partial charge in [0.15, 0.2) is 0 Å². The average Bonchev–Trinajstić information content (AvgIpc) is 3.86. The van der Waals surface area contributed by atoms with Crippen LogP contribution in [0, 0.1) is 5.92 Å². The number of likely N-dealkylation sites (tertiary alicyclic amines) is 2. The minimum atomic E-state index is -3.33. The van der Waals surface area contributed by atoms with E-state index in [-0.39, 0.29) is 40.9 Å². The molecule has 3 fully saturated rings. The molecule has 266 valence electrons. The molecule has 3 amide bonds. The lowest BCUT2D eigenvalue weighted by atomic mass is 9.85. The molecule has 2 aliphatic carbocycles. The molecular formula is C39H41F2N5O5. The molecule has 4 atom stereocenters. The number of carboxylic acid groups (broad SMARTS) is 1. The van der Waals surface area contributed by atoms with Gasteiger partial charge in [-0.3, -0.25) is 14.6 Å². The fraction of sp³-hybridized carbons (Fsp3) is 0.436. The molecule has 8 rings (SSSR count). The number of alkyl halides is 2. The number of fused-ring (bicyclic) bond motifs is 5. The van der Waals surface area contributed by atoms with Crippen molar-refractivity contribution in [2.24, 2.45) is 5.92 Å². The van der Waals surface area contributed by atoms with Gasteiger partial charge in [0.25, 0.3) is 5.92 Å². The van der Waals surface area contributed by atoms with Crippen molar-refractivity contribution >= 4 is 34.8 Å². The van der Waals surface area contributed by atoms with Gasteiger partial charge in [0.2, 0.25) is 5.91 Å². The number of rotatable bonds is 4. The standard InChI is InChI=1S/C39H41F2N5O5/c1-38(2,3)51-37(50)45-16-6-9-32(45)34-43-29-15-11-22(18-30(29)44-34)21-10-13-25-26-14-12-24(20-28(26)39(40,41)27(25)17-21)42-35(47)33-19-23-7-4-5-8-31(23)46(33)36(48)49/h10-15,17-18,20,23,31-33H,4-9,16,19H2,1-3H3,(H,42,47)(H,43,44)(H,48,49)/t23?,31-,32-,33?/m0/s1. The SMILES string of the molecule is CC(C)(C)OC(=O)N1CCC[C@H]1c1nc2cc(-c3ccc4c(c3)C(F)(F)c3cc(NC(=O)C5CC6CCCC[C@@H]6N5C(=O)O)ccc3-4)ccc2[nH]1. The van der Waals surface area contributed by atoms with Crippen molar-refractivity contribution in [3.8, 4) is 22.3 Å². The molecule has 1 saturated carbocycles. The van der Waals surface area contributed by atoms with Gasteiger partial charge in [-0.05, 0) is 111 Å². The van der Waals surface area contributed by atoms with Crippen molar-refractivity contribution in [2.45, 2.75) is 95.4 Å². The summed E-state index contributed by atoms with van der Waals surface area (Å²) in [5.41, 5.74) is 2.83. The average molecular weight is 698 g/mol. The van der Waals surface area contributed by atoms with E-state index in [0.717, 1.165) is 49.6 Å². The molecule has 4 aromatic rings. The van der Waals surface area contributed by atoms with Gasteiger partial charge in [0.1, 0.15) is 17.5 Å². The zero-order chi connectivity index (χ0) is 35.8. The van der Waals surface area contributed by atoms with Crippen LogP contribution in [0.3, 0.4) is 0 Å². The van der Waals surface area contributed by atoms with Gasteiger partial charge in [0.05, 0.1) is 17.1 Å². The molecule has 3 heterocycles. The van der Waals surface area contributed by atoms with E-state index in [9.17, 15) is 19.5 Å². The summed E-state index contributed by atoms with van der Waals surface area (Å²) in [6, 6.07) is 13.8. The van der Waals surface area contributed by atoms with Gasteiger partial charge >= 0.3 is 12.2 Å². The largest absolute Gasteiger partial charge is 0.465 e. The Bertz CT molecular complexity index is 2070. The van der Waals surface area contributed by atoms with Gasteiger partial charge in [-0.1, -0.05) is 37.1 Å². The van der Waals surface area contributed by atoms with E-state index in [4.69, 9.17) is 9.72 Å². The third-order valence-corrected chi connectivity index (χ3v) is 10.9. The van der Waals surface area contributed by atoms with Crippen LogP contribution in [-0.2, 0) is 15.5 Å². The smallest absolute Gasteiger partial charge is 0.410 e. The van der Waals surface area contributed by atoms with E-state index >= 15 is 8.78 Å². The van der Waals surface area contributed by atoms with E-state index in [1.165, 1.54) is 17.0 Å². The first-order valence-corrected chi connectivity index (χ1v) is 17.8. The predicted molar refractivity (Wildman–Crippen MR) is 188 cm³/mol. The van der Waals surface area contributed by atoms with Crippen LogP contribution in [0.4, 0.5) is 24.1 Å². The first-order valence-electron chi connectivity index (χ1n) is 17.8. The highest BCUT2D eigenvalue weighted by Gasteiger charge is 2.48. The quantitative estimate of drug-likeness (QED) is 0.196. The second-order valence-electron chi connectivity index (χ2n) is 15.3. The maximum atomic E-state index is 16.2. The molecule has 51 heavy (non-hydrogen) atoms. The number of aromatic amines is 1. The predicted octanol–water partition coefficient (Wildman–Crippen LogP) is 8.67. The summed E-state index contributed by atoms with van der Waals surface area (Å²) in [5.74, 6) is -3.02. The molecule has 0 radical (unpaired) electrons. The summed E-state index contributed by atoms with van der Waals surface area (Å²) in [7, 11) is 0. The van der Waals surface area contributed by atoms with Crippen molar-refractivity contribution in [3.05, 3.63) is 71.5 Å². The molecule has 1 aromatic heterocycles. The topological polar surface area (TPSA) is 128 Å². The van der Waals surface area contributed by atoms with E-state index in [1.807, 2.05) is 45.0 Å². The number of aromatic nitrogens is 2. The van der Waals surface area contributed by atoms with Crippen molar-refractivity contribution in [2.75, 3.05) is 11.9 Å². The Kier molecular flexibility index (Phi) is 7.84. The minimum absolute atomic E-state index is 0.128. The number of anilines is 1. The molecular weight excluding hydrogens is 656 g/mol. The monoisotopic (exact) mass is 697 g/mol. The lowest BCUT2D eigenvalue weighted by Crippen LogP contribution is -2.47. The molecule has 2 aliphatic heterocycles. The highest BCUT2D eigenvalue weighted by Crippen LogP contribution is 2.52. The summed E-state index contributed by atoms with van der Waals surface area (Å²) in [5, 5.41) is 12.7. The number of nitrogens with zero attached hydrogens (tertiary/aromatic N) is 3. The van der Waals surface area contributed by atoms with Crippen LogP contribution in [-0.4, -0.2) is 67.2 Å². The Balaban J connectivity index is 1.03. The van der Waals surface area contributed by atoms with E-state index in [1.54, 1.807) is 23.1 Å². The van der Waals surface area contributed by atoms with Crippen LogP contribution in [0.15, 0.2) is 54.6 Å². The number of hydrogen-bond acceptors (Lipinski definition) is 5. The lowest BCUT2D eigenvalue weighted by molar-refractivity contribution is -0.120. The van der Waals surface area contributed by atoms with Crippen LogP contribution in [0.1, 0.15) is 88.7 Å². The van der Waals surface area contributed by atoms with E-state index in [2.05, 4.69) is 10.3 Å². The highest BCUT2D eigenvalue weighted by atomic mass is 19.3. The third kappa shape index (κ3) is 5.78. The van der Waals surface area contributed by atoms with Gasteiger partial charge in [0, 0.05) is 29.4 Å². The normalized spacial score (nSPS) is 23.5. The van der Waals surface area contributed by atoms with Crippen LogP contribution in [0.2, 0.25) is 0 Å². The summed E-state index contributed by atoms with van der Waals surface area (Å²) >= 11 is 0. The first kappa shape index (κ1) is 33.2. The van der Waals surface area contributed by atoms with Crippen LogP contribution < -0.4 is 5.32 Å². The summed E-state index contributed by atoms with van der Waals surface area (Å²) in [6.45, 7) is 6.08. The van der Waals surface area contributed by atoms with Gasteiger partial charge in [-0.15, -0.1) is 0 Å². The molecule has 3 N–H and O–H groups in total. The van der Waals surface area contributed by atoms with Crippen molar-refractivity contribution in [3.63, 3.8) is 0 Å². The number of nitrogens with one attached hydrogen (secondary N) is 2. The number of carbonyl (C=O) groups excluding carboxylic acids is 2. The molecule has 0 spiro atoms. The fourth-order valence-electron chi connectivity index (χ4n) is 8.63. The number of ether oxygens (including phenoxy) is 1. The molecule has 10 nitrogen and oxygen atoms in total. The molecule has 2 saturated heterocycles. The van der Waals surface area contributed by atoms with Gasteiger partial charge < -0.3 is 20.1 Å². The van der Waals surface area contributed by atoms with Crippen molar-refractivity contribution < 1.29 is 33.0 Å². The number of carbonyl (C=O) groups is 3. The van der Waals surface area contributed by atoms with E-state index < -0.39 is 29.6 Å². The highest BCUT2D eigenvalue weighted by molar-refractivity contribution is 5.98. The fourth-order valence-corrected chi connectivity index (χ4v) is 8.63. The molecule has 4 aliphatic rings. The number of amides is 3. The van der Waals surface area contributed by atoms with Gasteiger partial charge in [-0.25, -0.2) is 14.6 Å². The Morgan fingerprint density at radius 1 is 0.941 bits per heavy atom. The lowest BCUT2D eigenvalue weighted by Gasteiger charge is -2.31. The number of imidazole rings is 1. The maximum absolute atomic E-state index is 16.2. The number of hydrogen-bond donors (Lipinski definition) is 3. The Hall–Kier alpha value is -5.00. The van der Waals surface area contributed by atoms with Crippen molar-refractivity contribution in [1.29, 1.82) is 0 Å². The molecule has 2 unspecified atom stereocenters. The van der Waals surface area contributed by atoms with Crippen LogP contribution in [0.25, 0.3) is 33.3 Å². The Morgan fingerprint density at radius 2 is 1.65 bits per heavy atom. The number of halogens is 2. The minimum Gasteiger partial charge on any atom is -0.465 e. The summed E-state index contributed by atoms with van der Waals surface area (Å²) in [4.78, 5) is 49.5. The summed E-state index contributed by atoms with van der Waals surface area (Å²) in [6.07, 6.45) is 4.08. The second kappa shape index (κ2) is 12.1. The Morgan fingerprint density at radius 3 is 2.41 bits per heavy atom. The second-order valence-corrected chi connectivity index (χ2v) is 15.3. The summed E-state index contributed by atoms with van der Waals surface area (Å²) < 4.78 is 38.0. The first-order chi connectivity index (χ1) is 24.3.